The Morgan fingerprint density at radius 2 is 1.96 bits per heavy atom. The van der Waals surface area contributed by atoms with Gasteiger partial charge in [-0.25, -0.2) is 0 Å². The van der Waals surface area contributed by atoms with Crippen molar-refractivity contribution in [3.63, 3.8) is 0 Å². The SMILES string of the molecule is CN=C(NCC(c1ccco1)N(C)C)NCC(OC)C(C)(C)C. The molecule has 6 heteroatoms. The number of likely N-dealkylation sites (N-methyl/N-ethyl adjacent to an activating group) is 1. The van der Waals surface area contributed by atoms with E-state index >= 15 is 0 Å². The topological polar surface area (TPSA) is 62.0 Å². The molecular formula is C17H32N4O2. The van der Waals surface area contributed by atoms with E-state index in [-0.39, 0.29) is 17.6 Å². The second-order valence-electron chi connectivity index (χ2n) is 6.92. The fraction of sp³-hybridized carbons (Fsp3) is 0.706. The monoisotopic (exact) mass is 324 g/mol. The number of aliphatic imine (C=N–C) groups is 1. The molecule has 0 spiro atoms. The Hall–Kier alpha value is -1.53. The van der Waals surface area contributed by atoms with Gasteiger partial charge in [0.2, 0.25) is 0 Å². The molecule has 1 rings (SSSR count). The first-order valence-corrected chi connectivity index (χ1v) is 7.96. The summed E-state index contributed by atoms with van der Waals surface area (Å²) in [6.07, 6.45) is 1.81. The lowest BCUT2D eigenvalue weighted by molar-refractivity contribution is 0.0205. The van der Waals surface area contributed by atoms with E-state index in [1.165, 1.54) is 0 Å². The van der Waals surface area contributed by atoms with Crippen LogP contribution in [-0.4, -0.2) is 58.3 Å². The van der Waals surface area contributed by atoms with Gasteiger partial charge in [0.25, 0.3) is 0 Å². The highest BCUT2D eigenvalue weighted by molar-refractivity contribution is 5.79. The second-order valence-corrected chi connectivity index (χ2v) is 6.92. The lowest BCUT2D eigenvalue weighted by Crippen LogP contribution is -2.46. The Bertz CT molecular complexity index is 463. The summed E-state index contributed by atoms with van der Waals surface area (Å²) in [5, 5.41) is 6.68. The lowest BCUT2D eigenvalue weighted by Gasteiger charge is -2.30. The van der Waals surface area contributed by atoms with Crippen LogP contribution < -0.4 is 10.6 Å². The van der Waals surface area contributed by atoms with Gasteiger partial charge < -0.3 is 19.8 Å². The van der Waals surface area contributed by atoms with E-state index in [0.29, 0.717) is 13.1 Å². The second kappa shape index (κ2) is 8.93. The van der Waals surface area contributed by atoms with Crippen LogP contribution in [0.15, 0.2) is 27.8 Å². The molecule has 0 aliphatic heterocycles. The third-order valence-electron chi connectivity index (χ3n) is 3.89. The zero-order valence-corrected chi connectivity index (χ0v) is 15.5. The van der Waals surface area contributed by atoms with Gasteiger partial charge in [-0.05, 0) is 31.6 Å². The van der Waals surface area contributed by atoms with Crippen LogP contribution in [0, 0.1) is 5.41 Å². The largest absolute Gasteiger partial charge is 0.468 e. The predicted molar refractivity (Wildman–Crippen MR) is 94.8 cm³/mol. The van der Waals surface area contributed by atoms with E-state index in [1.54, 1.807) is 20.4 Å². The van der Waals surface area contributed by atoms with Crippen LogP contribution in [0.2, 0.25) is 0 Å². The molecule has 2 unspecified atom stereocenters. The molecule has 0 bridgehead atoms. The molecule has 23 heavy (non-hydrogen) atoms. The quantitative estimate of drug-likeness (QED) is 0.594. The van der Waals surface area contributed by atoms with E-state index < -0.39 is 0 Å². The average molecular weight is 324 g/mol. The van der Waals surface area contributed by atoms with Gasteiger partial charge >= 0.3 is 0 Å². The van der Waals surface area contributed by atoms with Crippen LogP contribution in [-0.2, 0) is 4.74 Å². The van der Waals surface area contributed by atoms with Gasteiger partial charge in [0.15, 0.2) is 5.96 Å². The molecule has 1 aromatic rings. The number of nitrogens with one attached hydrogen (secondary N) is 2. The molecule has 0 saturated heterocycles. The van der Waals surface area contributed by atoms with Crippen molar-refractivity contribution in [3.05, 3.63) is 24.2 Å². The van der Waals surface area contributed by atoms with Crippen LogP contribution in [0.1, 0.15) is 32.6 Å². The maximum Gasteiger partial charge on any atom is 0.191 e. The number of furan rings is 1. The first kappa shape index (κ1) is 19.5. The molecule has 2 N–H and O–H groups in total. The molecule has 0 aliphatic carbocycles. The van der Waals surface area contributed by atoms with Crippen molar-refractivity contribution in [2.75, 3.05) is 41.3 Å². The Morgan fingerprint density at radius 3 is 2.39 bits per heavy atom. The average Bonchev–Trinajstić information content (AvgIpc) is 2.98. The summed E-state index contributed by atoms with van der Waals surface area (Å²) in [5.41, 5.74) is 0.0704. The van der Waals surface area contributed by atoms with Crippen molar-refractivity contribution in [2.45, 2.75) is 32.9 Å². The summed E-state index contributed by atoms with van der Waals surface area (Å²) in [4.78, 5) is 6.40. The molecule has 0 amide bonds. The molecule has 132 valence electrons. The molecule has 0 fully saturated rings. The number of hydrogen-bond acceptors (Lipinski definition) is 4. The molecule has 0 aliphatic rings. The van der Waals surface area contributed by atoms with Crippen molar-refractivity contribution in [2.24, 2.45) is 10.4 Å². The van der Waals surface area contributed by atoms with Crippen LogP contribution >= 0.6 is 0 Å². The Kier molecular flexibility index (Phi) is 7.58. The summed E-state index contributed by atoms with van der Waals surface area (Å²) in [6, 6.07) is 4.04. The van der Waals surface area contributed by atoms with Crippen molar-refractivity contribution in [1.29, 1.82) is 0 Å². The highest BCUT2D eigenvalue weighted by Crippen LogP contribution is 2.21. The highest BCUT2D eigenvalue weighted by Gasteiger charge is 2.24. The van der Waals surface area contributed by atoms with Crippen molar-refractivity contribution < 1.29 is 9.15 Å². The first-order chi connectivity index (χ1) is 10.8. The summed E-state index contributed by atoms with van der Waals surface area (Å²) >= 11 is 0. The molecule has 2 atom stereocenters. The van der Waals surface area contributed by atoms with Crippen LogP contribution in [0.25, 0.3) is 0 Å². The normalized spacial score (nSPS) is 15.6. The highest BCUT2D eigenvalue weighted by atomic mass is 16.5. The predicted octanol–water partition coefficient (Wildman–Crippen LogP) is 2.11. The van der Waals surface area contributed by atoms with Gasteiger partial charge in [-0.15, -0.1) is 0 Å². The summed E-state index contributed by atoms with van der Waals surface area (Å²) < 4.78 is 11.1. The standard InChI is InChI=1S/C17H32N4O2/c1-17(2,3)15(22-7)12-20-16(18-4)19-11-13(21(5)6)14-9-8-10-23-14/h8-10,13,15H,11-12H2,1-7H3,(H2,18,19,20). The first-order valence-electron chi connectivity index (χ1n) is 7.96. The molecule has 0 radical (unpaired) electrons. The number of hydrogen-bond donors (Lipinski definition) is 2. The van der Waals surface area contributed by atoms with E-state index in [1.807, 2.05) is 26.2 Å². The molecule has 0 saturated carbocycles. The number of ether oxygens (including phenoxy) is 1. The van der Waals surface area contributed by atoms with Gasteiger partial charge in [0.1, 0.15) is 5.76 Å². The number of rotatable bonds is 7. The Labute approximate surface area is 140 Å². The van der Waals surface area contributed by atoms with Gasteiger partial charge in [0.05, 0.1) is 18.4 Å². The van der Waals surface area contributed by atoms with E-state index in [2.05, 4.69) is 41.3 Å². The van der Waals surface area contributed by atoms with Crippen molar-refractivity contribution in [3.8, 4) is 0 Å². The van der Waals surface area contributed by atoms with E-state index in [4.69, 9.17) is 9.15 Å². The number of nitrogens with zero attached hydrogens (tertiary/aromatic N) is 2. The third kappa shape index (κ3) is 6.23. The fourth-order valence-electron chi connectivity index (χ4n) is 2.36. The molecular weight excluding hydrogens is 292 g/mol. The van der Waals surface area contributed by atoms with Crippen molar-refractivity contribution in [1.82, 2.24) is 15.5 Å². The van der Waals surface area contributed by atoms with Crippen molar-refractivity contribution >= 4 is 5.96 Å². The van der Waals surface area contributed by atoms with Gasteiger partial charge in [-0.3, -0.25) is 9.89 Å². The van der Waals surface area contributed by atoms with Crippen LogP contribution in [0.3, 0.4) is 0 Å². The van der Waals surface area contributed by atoms with Gasteiger partial charge in [0, 0.05) is 27.2 Å². The molecule has 6 nitrogen and oxygen atoms in total. The fourth-order valence-corrected chi connectivity index (χ4v) is 2.36. The number of methoxy groups -OCH3 is 1. The van der Waals surface area contributed by atoms with Gasteiger partial charge in [-0.1, -0.05) is 20.8 Å². The third-order valence-corrected chi connectivity index (χ3v) is 3.89. The zero-order chi connectivity index (χ0) is 17.5. The molecule has 1 aromatic heterocycles. The maximum atomic E-state index is 5.56. The van der Waals surface area contributed by atoms with E-state index in [0.717, 1.165) is 11.7 Å². The van der Waals surface area contributed by atoms with E-state index in [9.17, 15) is 0 Å². The minimum absolute atomic E-state index is 0.0704. The number of guanidine groups is 1. The molecule has 1 heterocycles. The molecule has 0 aromatic carbocycles. The maximum absolute atomic E-state index is 5.56. The summed E-state index contributed by atoms with van der Waals surface area (Å²) in [7, 11) is 7.58. The minimum Gasteiger partial charge on any atom is -0.468 e. The smallest absolute Gasteiger partial charge is 0.191 e. The summed E-state index contributed by atoms with van der Waals surface area (Å²) in [5.74, 6) is 1.69. The Balaban J connectivity index is 2.56. The lowest BCUT2D eigenvalue weighted by atomic mass is 9.89. The summed E-state index contributed by atoms with van der Waals surface area (Å²) in [6.45, 7) is 7.90. The minimum atomic E-state index is 0.0704. The zero-order valence-electron chi connectivity index (χ0n) is 15.5. The Morgan fingerprint density at radius 1 is 1.30 bits per heavy atom. The van der Waals surface area contributed by atoms with Gasteiger partial charge in [-0.2, -0.15) is 0 Å². The van der Waals surface area contributed by atoms with Crippen LogP contribution in [0.4, 0.5) is 0 Å². The van der Waals surface area contributed by atoms with Crippen LogP contribution in [0.5, 0.6) is 0 Å².